The molecule has 0 aliphatic heterocycles. The third kappa shape index (κ3) is 6.49. The summed E-state index contributed by atoms with van der Waals surface area (Å²) in [5.41, 5.74) is 1.99. The maximum atomic E-state index is 13.3. The fourth-order valence-electron chi connectivity index (χ4n) is 4.15. The molecule has 1 aliphatic carbocycles. The molecular weight excluding hydrogens is 404 g/mol. The third-order valence-electron chi connectivity index (χ3n) is 5.95. The lowest BCUT2D eigenvalue weighted by Crippen LogP contribution is -2.52. The van der Waals surface area contributed by atoms with Crippen molar-refractivity contribution in [3.63, 3.8) is 0 Å². The van der Waals surface area contributed by atoms with Gasteiger partial charge in [-0.25, -0.2) is 0 Å². The fourth-order valence-corrected chi connectivity index (χ4v) is 4.15. The number of aryl methyl sites for hydroxylation is 1. The van der Waals surface area contributed by atoms with Crippen LogP contribution in [-0.4, -0.2) is 42.5 Å². The number of benzene rings is 2. The monoisotopic (exact) mass is 438 g/mol. The van der Waals surface area contributed by atoms with E-state index in [1.165, 1.54) is 0 Å². The second-order valence-electron chi connectivity index (χ2n) is 8.39. The number of carbonyl (C=O) groups is 2. The highest BCUT2D eigenvalue weighted by Gasteiger charge is 2.30. The number of amides is 2. The predicted octanol–water partition coefficient (Wildman–Crippen LogP) is 4.25. The summed E-state index contributed by atoms with van der Waals surface area (Å²) in [6, 6.07) is 14.8. The molecule has 32 heavy (non-hydrogen) atoms. The molecule has 2 aromatic rings. The highest BCUT2D eigenvalue weighted by molar-refractivity contribution is 5.88. The Kier molecular flexibility index (Phi) is 8.54. The molecule has 2 aromatic carbocycles. The van der Waals surface area contributed by atoms with Crippen LogP contribution in [0.3, 0.4) is 0 Å². The highest BCUT2D eigenvalue weighted by atomic mass is 16.5. The Morgan fingerprint density at radius 3 is 2.44 bits per heavy atom. The number of rotatable bonds is 10. The van der Waals surface area contributed by atoms with Gasteiger partial charge in [0.1, 0.15) is 17.5 Å². The first kappa shape index (κ1) is 23.6. The molecule has 0 spiro atoms. The summed E-state index contributed by atoms with van der Waals surface area (Å²) in [6.07, 6.45) is 4.82. The van der Waals surface area contributed by atoms with E-state index in [9.17, 15) is 9.59 Å². The van der Waals surface area contributed by atoms with Crippen molar-refractivity contribution >= 4 is 11.8 Å². The van der Waals surface area contributed by atoms with E-state index >= 15 is 0 Å². The fraction of sp³-hybridized carbons (Fsp3) is 0.462. The lowest BCUT2D eigenvalue weighted by molar-refractivity contribution is -0.143. The molecule has 0 saturated heterocycles. The van der Waals surface area contributed by atoms with Crippen LogP contribution in [0, 0.1) is 6.92 Å². The van der Waals surface area contributed by atoms with Crippen LogP contribution in [0.15, 0.2) is 48.5 Å². The lowest BCUT2D eigenvalue weighted by atomic mass is 10.1. The van der Waals surface area contributed by atoms with Gasteiger partial charge < -0.3 is 19.7 Å². The van der Waals surface area contributed by atoms with E-state index < -0.39 is 6.04 Å². The van der Waals surface area contributed by atoms with Crippen molar-refractivity contribution in [1.82, 2.24) is 10.2 Å². The summed E-state index contributed by atoms with van der Waals surface area (Å²) in [5.74, 6) is 1.10. The van der Waals surface area contributed by atoms with Gasteiger partial charge in [-0.2, -0.15) is 0 Å². The summed E-state index contributed by atoms with van der Waals surface area (Å²) in [4.78, 5) is 28.0. The van der Waals surface area contributed by atoms with Crippen LogP contribution in [0.1, 0.15) is 50.2 Å². The predicted molar refractivity (Wildman–Crippen MR) is 125 cm³/mol. The standard InChI is InChI=1S/C26H34N2O4/c1-4-24(26(30)27-21-9-5-6-10-21)28(17-20-12-14-22(31-3)15-13-20)25(29)18-32-23-11-7-8-19(2)16-23/h7-8,11-16,21,24H,4-6,9-10,17-18H2,1-3H3,(H,27,30)/t24-/m1/s1. The molecule has 0 unspecified atom stereocenters. The van der Waals surface area contributed by atoms with Crippen LogP contribution in [0.2, 0.25) is 0 Å². The molecule has 2 amide bonds. The average Bonchev–Trinajstić information content (AvgIpc) is 3.31. The quantitative estimate of drug-likeness (QED) is 0.602. The van der Waals surface area contributed by atoms with E-state index in [1.54, 1.807) is 12.0 Å². The van der Waals surface area contributed by atoms with Gasteiger partial charge >= 0.3 is 0 Å². The highest BCUT2D eigenvalue weighted by Crippen LogP contribution is 2.20. The van der Waals surface area contributed by atoms with E-state index in [4.69, 9.17) is 9.47 Å². The first-order valence-corrected chi connectivity index (χ1v) is 11.4. The molecular formula is C26H34N2O4. The Hall–Kier alpha value is -3.02. The van der Waals surface area contributed by atoms with Crippen molar-refractivity contribution in [2.75, 3.05) is 13.7 Å². The van der Waals surface area contributed by atoms with E-state index in [-0.39, 0.29) is 24.5 Å². The second-order valence-corrected chi connectivity index (χ2v) is 8.39. The van der Waals surface area contributed by atoms with Gasteiger partial charge in [0.2, 0.25) is 5.91 Å². The maximum Gasteiger partial charge on any atom is 0.261 e. The van der Waals surface area contributed by atoms with Gasteiger partial charge in [0.05, 0.1) is 7.11 Å². The molecule has 0 heterocycles. The first-order valence-electron chi connectivity index (χ1n) is 11.4. The minimum absolute atomic E-state index is 0.0863. The summed E-state index contributed by atoms with van der Waals surface area (Å²) < 4.78 is 11.0. The van der Waals surface area contributed by atoms with Gasteiger partial charge in [0.15, 0.2) is 6.61 Å². The Morgan fingerprint density at radius 2 is 1.81 bits per heavy atom. The minimum atomic E-state index is -0.550. The SMILES string of the molecule is CC[C@H](C(=O)NC1CCCC1)N(Cc1ccc(OC)cc1)C(=O)COc1cccc(C)c1. The zero-order chi connectivity index (χ0) is 22.9. The van der Waals surface area contributed by atoms with Crippen LogP contribution < -0.4 is 14.8 Å². The molecule has 1 atom stereocenters. The van der Waals surface area contributed by atoms with E-state index in [0.717, 1.165) is 42.6 Å². The second kappa shape index (κ2) is 11.6. The molecule has 1 aliphatic rings. The smallest absolute Gasteiger partial charge is 0.261 e. The van der Waals surface area contributed by atoms with Crippen LogP contribution in [-0.2, 0) is 16.1 Å². The zero-order valence-electron chi connectivity index (χ0n) is 19.3. The lowest BCUT2D eigenvalue weighted by Gasteiger charge is -2.31. The van der Waals surface area contributed by atoms with E-state index in [0.29, 0.717) is 18.7 Å². The number of nitrogens with zero attached hydrogens (tertiary/aromatic N) is 1. The van der Waals surface area contributed by atoms with Gasteiger partial charge in [0, 0.05) is 12.6 Å². The normalized spacial score (nSPS) is 14.6. The number of nitrogens with one attached hydrogen (secondary N) is 1. The van der Waals surface area contributed by atoms with Gasteiger partial charge in [-0.1, -0.05) is 44.0 Å². The van der Waals surface area contributed by atoms with Crippen molar-refractivity contribution < 1.29 is 19.1 Å². The summed E-state index contributed by atoms with van der Waals surface area (Å²) in [7, 11) is 1.62. The summed E-state index contributed by atoms with van der Waals surface area (Å²) in [5, 5.41) is 3.16. The Labute approximate surface area is 190 Å². The van der Waals surface area contributed by atoms with Crippen molar-refractivity contribution in [1.29, 1.82) is 0 Å². The van der Waals surface area contributed by atoms with Crippen LogP contribution >= 0.6 is 0 Å². The largest absolute Gasteiger partial charge is 0.497 e. The summed E-state index contributed by atoms with van der Waals surface area (Å²) >= 11 is 0. The van der Waals surface area contributed by atoms with Gasteiger partial charge in [-0.15, -0.1) is 0 Å². The Morgan fingerprint density at radius 1 is 1.09 bits per heavy atom. The van der Waals surface area contributed by atoms with Gasteiger partial charge in [-0.3, -0.25) is 9.59 Å². The zero-order valence-corrected chi connectivity index (χ0v) is 19.3. The number of hydrogen-bond donors (Lipinski definition) is 1. The van der Waals surface area contributed by atoms with Crippen molar-refractivity contribution in [2.24, 2.45) is 0 Å². The number of hydrogen-bond acceptors (Lipinski definition) is 4. The topological polar surface area (TPSA) is 67.9 Å². The maximum absolute atomic E-state index is 13.3. The Balaban J connectivity index is 1.75. The van der Waals surface area contributed by atoms with Crippen LogP contribution in [0.4, 0.5) is 0 Å². The van der Waals surface area contributed by atoms with Crippen molar-refractivity contribution in [3.8, 4) is 11.5 Å². The molecule has 1 fully saturated rings. The number of ether oxygens (including phenoxy) is 2. The molecule has 1 N–H and O–H groups in total. The summed E-state index contributed by atoms with van der Waals surface area (Å²) in [6.45, 7) is 4.13. The third-order valence-corrected chi connectivity index (χ3v) is 5.95. The molecule has 172 valence electrons. The van der Waals surface area contributed by atoms with E-state index in [2.05, 4.69) is 5.32 Å². The molecule has 6 nitrogen and oxygen atoms in total. The molecule has 0 aromatic heterocycles. The van der Waals surface area contributed by atoms with Crippen LogP contribution in [0.5, 0.6) is 11.5 Å². The minimum Gasteiger partial charge on any atom is -0.497 e. The van der Waals surface area contributed by atoms with Crippen molar-refractivity contribution in [3.05, 3.63) is 59.7 Å². The molecule has 0 bridgehead atoms. The van der Waals surface area contributed by atoms with Gasteiger partial charge in [0.25, 0.3) is 5.91 Å². The van der Waals surface area contributed by atoms with E-state index in [1.807, 2.05) is 62.4 Å². The van der Waals surface area contributed by atoms with Crippen molar-refractivity contribution in [2.45, 2.75) is 64.6 Å². The van der Waals surface area contributed by atoms with Gasteiger partial charge in [-0.05, 0) is 61.6 Å². The number of carbonyl (C=O) groups excluding carboxylic acids is 2. The molecule has 3 rings (SSSR count). The van der Waals surface area contributed by atoms with Crippen LogP contribution in [0.25, 0.3) is 0 Å². The number of methoxy groups -OCH3 is 1. The Bertz CT molecular complexity index is 891. The molecule has 1 saturated carbocycles. The first-order chi connectivity index (χ1) is 15.5. The molecule has 0 radical (unpaired) electrons. The molecule has 6 heteroatoms. The average molecular weight is 439 g/mol.